The fraction of sp³-hybridized carbons (Fsp3) is 0.467. The molecule has 96 valence electrons. The van der Waals surface area contributed by atoms with Crippen molar-refractivity contribution in [3.8, 4) is 0 Å². The molecule has 1 saturated carbocycles. The molecule has 1 atom stereocenters. The molecule has 3 heteroatoms. The topological polar surface area (TPSA) is 39.8 Å². The molecule has 3 N–H and O–H groups in total. The summed E-state index contributed by atoms with van der Waals surface area (Å²) in [6, 6.07) is 8.98. The zero-order chi connectivity index (χ0) is 12.6. The number of aromatic amines is 1. The Morgan fingerprint density at radius 3 is 2.72 bits per heavy atom. The van der Waals surface area contributed by atoms with E-state index in [1.165, 1.54) is 29.3 Å². The van der Waals surface area contributed by atoms with Crippen LogP contribution >= 0.6 is 0 Å². The van der Waals surface area contributed by atoms with Crippen molar-refractivity contribution in [2.45, 2.75) is 18.9 Å². The van der Waals surface area contributed by atoms with Crippen molar-refractivity contribution in [3.63, 3.8) is 0 Å². The van der Waals surface area contributed by atoms with E-state index in [0.717, 1.165) is 6.54 Å². The minimum Gasteiger partial charge on any atom is -0.361 e. The van der Waals surface area contributed by atoms with Gasteiger partial charge in [0.2, 0.25) is 0 Å². The van der Waals surface area contributed by atoms with E-state index in [4.69, 9.17) is 0 Å². The number of aromatic nitrogens is 1. The Balaban J connectivity index is 2.01. The van der Waals surface area contributed by atoms with Crippen molar-refractivity contribution in [3.05, 3.63) is 36.0 Å². The molecule has 1 aliphatic rings. The summed E-state index contributed by atoms with van der Waals surface area (Å²) in [5, 5.41) is 8.22. The van der Waals surface area contributed by atoms with Gasteiger partial charge < -0.3 is 15.6 Å². The lowest BCUT2D eigenvalue weighted by Gasteiger charge is -2.26. The van der Waals surface area contributed by atoms with Gasteiger partial charge in [0.05, 0.1) is 0 Å². The van der Waals surface area contributed by atoms with Gasteiger partial charge >= 0.3 is 0 Å². The summed E-state index contributed by atoms with van der Waals surface area (Å²) in [4.78, 5) is 3.38. The first-order chi connectivity index (χ1) is 8.80. The summed E-state index contributed by atoms with van der Waals surface area (Å²) < 4.78 is 0. The Labute approximate surface area is 108 Å². The lowest BCUT2D eigenvalue weighted by atomic mass is 9.89. The van der Waals surface area contributed by atoms with Gasteiger partial charge in [-0.1, -0.05) is 18.2 Å². The zero-order valence-corrected chi connectivity index (χ0v) is 11.1. The summed E-state index contributed by atoms with van der Waals surface area (Å²) in [7, 11) is 4.12. The highest BCUT2D eigenvalue weighted by molar-refractivity contribution is 5.83. The van der Waals surface area contributed by atoms with Crippen molar-refractivity contribution < 1.29 is 0 Å². The number of para-hydroxylation sites is 1. The third kappa shape index (κ3) is 1.74. The minimum absolute atomic E-state index is 0.397. The molecular formula is C15H21N3. The van der Waals surface area contributed by atoms with Crippen LogP contribution in [-0.2, 0) is 0 Å². The fourth-order valence-corrected chi connectivity index (χ4v) is 3.20. The molecule has 0 spiro atoms. The number of hydrogen-bond donors (Lipinski definition) is 3. The summed E-state index contributed by atoms with van der Waals surface area (Å²) >= 11 is 0. The second kappa shape index (κ2) is 4.41. The number of nitrogens with one attached hydrogen (secondary N) is 3. The molecular weight excluding hydrogens is 222 g/mol. The van der Waals surface area contributed by atoms with E-state index in [9.17, 15) is 0 Å². The van der Waals surface area contributed by atoms with Gasteiger partial charge in [0, 0.05) is 35.1 Å². The lowest BCUT2D eigenvalue weighted by Crippen LogP contribution is -2.33. The molecule has 1 fully saturated rings. The van der Waals surface area contributed by atoms with Gasteiger partial charge in [0.15, 0.2) is 0 Å². The van der Waals surface area contributed by atoms with Crippen molar-refractivity contribution in [2.24, 2.45) is 5.41 Å². The molecule has 0 aliphatic heterocycles. The summed E-state index contributed by atoms with van der Waals surface area (Å²) in [5.41, 5.74) is 3.03. The molecule has 0 amide bonds. The van der Waals surface area contributed by atoms with Gasteiger partial charge in [0.25, 0.3) is 0 Å². The number of benzene rings is 1. The van der Waals surface area contributed by atoms with E-state index in [0.29, 0.717) is 11.5 Å². The van der Waals surface area contributed by atoms with E-state index in [2.05, 4.69) is 53.1 Å². The summed E-state index contributed by atoms with van der Waals surface area (Å²) in [6.07, 6.45) is 4.78. The second-order valence-electron chi connectivity index (χ2n) is 5.40. The van der Waals surface area contributed by atoms with Gasteiger partial charge in [-0.15, -0.1) is 0 Å². The highest BCUT2D eigenvalue weighted by Gasteiger charge is 2.49. The smallest absolute Gasteiger partial charge is 0.0457 e. The molecule has 18 heavy (non-hydrogen) atoms. The third-order valence-electron chi connectivity index (χ3n) is 4.25. The molecule has 1 aromatic carbocycles. The van der Waals surface area contributed by atoms with Crippen LogP contribution in [-0.4, -0.2) is 25.6 Å². The van der Waals surface area contributed by atoms with Gasteiger partial charge in [-0.25, -0.2) is 0 Å². The largest absolute Gasteiger partial charge is 0.361 e. The maximum Gasteiger partial charge on any atom is 0.0457 e. The Morgan fingerprint density at radius 2 is 2.06 bits per heavy atom. The SMILES string of the molecule is CNCC1(C(NC)c2c[nH]c3ccccc23)CC1. The average molecular weight is 243 g/mol. The molecule has 1 heterocycles. The number of H-pyrrole nitrogens is 1. The molecule has 1 aliphatic carbocycles. The van der Waals surface area contributed by atoms with Gasteiger partial charge in [0.1, 0.15) is 0 Å². The molecule has 3 rings (SSSR count). The first-order valence-corrected chi connectivity index (χ1v) is 6.68. The third-order valence-corrected chi connectivity index (χ3v) is 4.25. The standard InChI is InChI=1S/C15H21N3/c1-16-10-15(7-8-15)14(17-2)12-9-18-13-6-4-3-5-11(12)13/h3-6,9,14,16-18H,7-8,10H2,1-2H3. The Hall–Kier alpha value is -1.32. The number of rotatable bonds is 5. The van der Waals surface area contributed by atoms with Crippen LogP contribution in [0.4, 0.5) is 0 Å². The lowest BCUT2D eigenvalue weighted by molar-refractivity contribution is 0.348. The van der Waals surface area contributed by atoms with E-state index < -0.39 is 0 Å². The molecule has 0 saturated heterocycles. The normalized spacial score (nSPS) is 19.0. The van der Waals surface area contributed by atoms with Crippen molar-refractivity contribution in [1.29, 1.82) is 0 Å². The predicted octanol–water partition coefficient (Wildman–Crippen LogP) is 2.43. The highest BCUT2D eigenvalue weighted by atomic mass is 15.0. The van der Waals surface area contributed by atoms with Crippen LogP contribution in [0.2, 0.25) is 0 Å². The maximum atomic E-state index is 3.52. The van der Waals surface area contributed by atoms with E-state index in [1.807, 2.05) is 7.05 Å². The fourth-order valence-electron chi connectivity index (χ4n) is 3.20. The van der Waals surface area contributed by atoms with Crippen molar-refractivity contribution in [2.75, 3.05) is 20.6 Å². The first kappa shape index (κ1) is 11.8. The quantitative estimate of drug-likeness (QED) is 0.755. The zero-order valence-electron chi connectivity index (χ0n) is 11.1. The first-order valence-electron chi connectivity index (χ1n) is 6.68. The van der Waals surface area contributed by atoms with Crippen molar-refractivity contribution in [1.82, 2.24) is 15.6 Å². The van der Waals surface area contributed by atoms with Crippen LogP contribution in [0.15, 0.2) is 30.5 Å². The van der Waals surface area contributed by atoms with Gasteiger partial charge in [-0.3, -0.25) is 0 Å². The van der Waals surface area contributed by atoms with E-state index in [1.54, 1.807) is 0 Å². The molecule has 0 radical (unpaired) electrons. The van der Waals surface area contributed by atoms with Crippen molar-refractivity contribution >= 4 is 10.9 Å². The monoisotopic (exact) mass is 243 g/mol. The summed E-state index contributed by atoms with van der Waals surface area (Å²) in [6.45, 7) is 1.08. The molecule has 1 aromatic heterocycles. The van der Waals surface area contributed by atoms with E-state index >= 15 is 0 Å². The Kier molecular flexibility index (Phi) is 2.88. The second-order valence-corrected chi connectivity index (χ2v) is 5.40. The van der Waals surface area contributed by atoms with Crippen LogP contribution in [0.25, 0.3) is 10.9 Å². The van der Waals surface area contributed by atoms with E-state index in [-0.39, 0.29) is 0 Å². The molecule has 2 aromatic rings. The number of hydrogen-bond acceptors (Lipinski definition) is 2. The number of fused-ring (bicyclic) bond motifs is 1. The van der Waals surface area contributed by atoms with Crippen LogP contribution in [0, 0.1) is 5.41 Å². The predicted molar refractivity (Wildman–Crippen MR) is 75.7 cm³/mol. The minimum atomic E-state index is 0.397. The Morgan fingerprint density at radius 1 is 1.28 bits per heavy atom. The Bertz CT molecular complexity index is 539. The summed E-state index contributed by atoms with van der Waals surface area (Å²) in [5.74, 6) is 0. The molecule has 0 bridgehead atoms. The average Bonchev–Trinajstić information content (AvgIpc) is 3.04. The van der Waals surface area contributed by atoms with Crippen LogP contribution in [0.3, 0.4) is 0 Å². The maximum absolute atomic E-state index is 3.52. The molecule has 1 unspecified atom stereocenters. The molecule has 3 nitrogen and oxygen atoms in total. The van der Waals surface area contributed by atoms with Crippen LogP contribution in [0.1, 0.15) is 24.4 Å². The van der Waals surface area contributed by atoms with Crippen LogP contribution < -0.4 is 10.6 Å². The van der Waals surface area contributed by atoms with Gasteiger partial charge in [-0.2, -0.15) is 0 Å². The van der Waals surface area contributed by atoms with Crippen LogP contribution in [0.5, 0.6) is 0 Å². The van der Waals surface area contributed by atoms with Gasteiger partial charge in [-0.05, 0) is 38.6 Å². The highest BCUT2D eigenvalue weighted by Crippen LogP contribution is 2.55.